The molecule has 0 aromatic carbocycles. The lowest BCUT2D eigenvalue weighted by molar-refractivity contribution is -0.194. The summed E-state index contributed by atoms with van der Waals surface area (Å²) in [5.41, 5.74) is -0.794. The maximum Gasteiger partial charge on any atom is 0.309 e. The van der Waals surface area contributed by atoms with Gasteiger partial charge < -0.3 is 10.4 Å². The molecule has 4 aliphatic carbocycles. The van der Waals surface area contributed by atoms with E-state index in [1.54, 1.807) is 0 Å². The molecule has 4 heteroatoms. The van der Waals surface area contributed by atoms with Crippen molar-refractivity contribution >= 4 is 11.9 Å². The number of hydrogen-bond acceptors (Lipinski definition) is 2. The van der Waals surface area contributed by atoms with E-state index in [9.17, 15) is 14.7 Å². The predicted octanol–water partition coefficient (Wildman–Crippen LogP) is 2.33. The van der Waals surface area contributed by atoms with Crippen LogP contribution in [0.4, 0.5) is 0 Å². The van der Waals surface area contributed by atoms with E-state index in [-0.39, 0.29) is 22.3 Å². The Morgan fingerprint density at radius 3 is 1.89 bits per heavy atom. The monoisotopic (exact) mass is 265 g/mol. The zero-order chi connectivity index (χ0) is 14.1. The summed E-state index contributed by atoms with van der Waals surface area (Å²) >= 11 is 0. The van der Waals surface area contributed by atoms with E-state index in [1.165, 1.54) is 6.92 Å². The zero-order valence-corrected chi connectivity index (χ0v) is 12.0. The average Bonchev–Trinajstić information content (AvgIpc) is 2.07. The van der Waals surface area contributed by atoms with E-state index in [4.69, 9.17) is 0 Å². The van der Waals surface area contributed by atoms with E-state index < -0.39 is 11.4 Å². The van der Waals surface area contributed by atoms with Gasteiger partial charge in [0, 0.05) is 12.5 Å². The van der Waals surface area contributed by atoms with Crippen molar-refractivity contribution in [2.24, 2.45) is 16.2 Å². The Hall–Kier alpha value is -1.06. The van der Waals surface area contributed by atoms with Crippen molar-refractivity contribution in [1.82, 2.24) is 5.32 Å². The highest BCUT2D eigenvalue weighted by atomic mass is 16.4. The fourth-order valence-corrected chi connectivity index (χ4v) is 6.43. The van der Waals surface area contributed by atoms with Gasteiger partial charge in [-0.15, -0.1) is 0 Å². The fourth-order valence-electron chi connectivity index (χ4n) is 6.43. The number of carboxylic acid groups (broad SMARTS) is 1. The van der Waals surface area contributed by atoms with Crippen molar-refractivity contribution in [1.29, 1.82) is 0 Å². The van der Waals surface area contributed by atoms with Gasteiger partial charge >= 0.3 is 5.97 Å². The van der Waals surface area contributed by atoms with Crippen molar-refractivity contribution in [3.63, 3.8) is 0 Å². The molecule has 4 atom stereocenters. The molecule has 0 saturated heterocycles. The number of carbonyl (C=O) groups excluding carboxylic acids is 1. The van der Waals surface area contributed by atoms with Gasteiger partial charge in [0.2, 0.25) is 5.91 Å². The first-order chi connectivity index (χ1) is 8.60. The lowest BCUT2D eigenvalue weighted by Gasteiger charge is -2.68. The smallest absolute Gasteiger partial charge is 0.309 e. The highest BCUT2D eigenvalue weighted by Crippen LogP contribution is 2.70. The van der Waals surface area contributed by atoms with Crippen LogP contribution in [0, 0.1) is 16.2 Å². The van der Waals surface area contributed by atoms with Crippen LogP contribution in [0.3, 0.4) is 0 Å². The summed E-state index contributed by atoms with van der Waals surface area (Å²) in [6.45, 7) is 5.95. The molecule has 4 saturated carbocycles. The minimum absolute atomic E-state index is 0.0327. The van der Waals surface area contributed by atoms with Crippen LogP contribution < -0.4 is 5.32 Å². The standard InChI is InChI=1S/C15H23NO3/c1-10(17)16-15-7-12(2)4-13(3,8-15)6-14(5-12,9-15)11(18)19/h4-9H2,1-3H3,(H,16,17)(H,18,19)/t12-,13+,14?,15?. The molecule has 0 aliphatic heterocycles. The number of amides is 1. The molecular weight excluding hydrogens is 242 g/mol. The molecule has 106 valence electrons. The van der Waals surface area contributed by atoms with Crippen molar-refractivity contribution in [3.8, 4) is 0 Å². The molecule has 4 fully saturated rings. The van der Waals surface area contributed by atoms with Crippen LogP contribution in [-0.2, 0) is 9.59 Å². The Morgan fingerprint density at radius 1 is 0.947 bits per heavy atom. The second-order valence-electron chi connectivity index (χ2n) is 8.23. The molecule has 4 nitrogen and oxygen atoms in total. The maximum absolute atomic E-state index is 11.9. The highest BCUT2D eigenvalue weighted by Gasteiger charge is 2.68. The minimum Gasteiger partial charge on any atom is -0.481 e. The summed E-state index contributed by atoms with van der Waals surface area (Å²) in [7, 11) is 0. The zero-order valence-electron chi connectivity index (χ0n) is 12.0. The molecular formula is C15H23NO3. The summed E-state index contributed by atoms with van der Waals surface area (Å²) in [5.74, 6) is -0.700. The van der Waals surface area contributed by atoms with Crippen LogP contribution in [0.15, 0.2) is 0 Å². The number of hydrogen-bond donors (Lipinski definition) is 2. The topological polar surface area (TPSA) is 66.4 Å². The SMILES string of the molecule is CC(=O)NC12CC3(C(=O)O)C[C@](C)(C1)C[C@](C)(C2)C3. The van der Waals surface area contributed by atoms with Gasteiger partial charge in [-0.2, -0.15) is 0 Å². The Morgan fingerprint density at radius 2 is 1.47 bits per heavy atom. The number of nitrogens with one attached hydrogen (secondary N) is 1. The summed E-state index contributed by atoms with van der Waals surface area (Å²) in [6, 6.07) is 0. The first-order valence-electron chi connectivity index (χ1n) is 7.12. The van der Waals surface area contributed by atoms with E-state index in [0.29, 0.717) is 6.42 Å². The van der Waals surface area contributed by atoms with Crippen LogP contribution in [0.2, 0.25) is 0 Å². The quantitative estimate of drug-likeness (QED) is 0.805. The molecule has 4 bridgehead atoms. The molecule has 2 N–H and O–H groups in total. The van der Waals surface area contributed by atoms with Gasteiger partial charge in [-0.25, -0.2) is 0 Å². The van der Waals surface area contributed by atoms with Gasteiger partial charge in [0.25, 0.3) is 0 Å². The normalized spacial score (nSPS) is 51.1. The molecule has 0 aromatic rings. The molecule has 19 heavy (non-hydrogen) atoms. The number of carboxylic acids is 1. The third kappa shape index (κ3) is 1.79. The van der Waals surface area contributed by atoms with Crippen LogP contribution in [0.25, 0.3) is 0 Å². The first kappa shape index (κ1) is 12.9. The minimum atomic E-state index is -0.668. The highest BCUT2D eigenvalue weighted by molar-refractivity contribution is 5.77. The third-order valence-electron chi connectivity index (χ3n) is 5.49. The van der Waals surface area contributed by atoms with Crippen molar-refractivity contribution < 1.29 is 14.7 Å². The summed E-state index contributed by atoms with van der Waals surface area (Å²) in [5, 5.41) is 12.9. The second kappa shape index (κ2) is 3.33. The summed E-state index contributed by atoms with van der Waals surface area (Å²) in [6.07, 6.45) is 5.11. The van der Waals surface area contributed by atoms with Gasteiger partial charge in [-0.3, -0.25) is 9.59 Å². The first-order valence-corrected chi connectivity index (χ1v) is 7.12. The molecule has 4 rings (SSSR count). The van der Waals surface area contributed by atoms with Crippen molar-refractivity contribution in [3.05, 3.63) is 0 Å². The lowest BCUT2D eigenvalue weighted by atomic mass is 9.38. The van der Waals surface area contributed by atoms with E-state index in [2.05, 4.69) is 19.2 Å². The number of aliphatic carboxylic acids is 1. The number of rotatable bonds is 2. The Bertz CT molecular complexity index is 452. The largest absolute Gasteiger partial charge is 0.481 e. The van der Waals surface area contributed by atoms with Crippen molar-refractivity contribution in [2.45, 2.75) is 64.8 Å². The molecule has 0 aromatic heterocycles. The Kier molecular flexibility index (Phi) is 2.27. The molecule has 0 radical (unpaired) electrons. The predicted molar refractivity (Wildman–Crippen MR) is 70.5 cm³/mol. The maximum atomic E-state index is 11.9. The van der Waals surface area contributed by atoms with Gasteiger partial charge in [0.1, 0.15) is 0 Å². The number of carbonyl (C=O) groups is 2. The van der Waals surface area contributed by atoms with Gasteiger partial charge in [-0.05, 0) is 49.4 Å². The molecule has 0 heterocycles. The van der Waals surface area contributed by atoms with Crippen molar-refractivity contribution in [2.75, 3.05) is 0 Å². The summed E-state index contributed by atoms with van der Waals surface area (Å²) < 4.78 is 0. The van der Waals surface area contributed by atoms with E-state index >= 15 is 0 Å². The van der Waals surface area contributed by atoms with Crippen LogP contribution in [-0.4, -0.2) is 22.5 Å². The van der Waals surface area contributed by atoms with Gasteiger partial charge in [-0.1, -0.05) is 13.8 Å². The summed E-state index contributed by atoms with van der Waals surface area (Å²) in [4.78, 5) is 23.4. The average molecular weight is 265 g/mol. The fraction of sp³-hybridized carbons (Fsp3) is 0.867. The van der Waals surface area contributed by atoms with Gasteiger partial charge in [0.05, 0.1) is 5.41 Å². The molecule has 0 spiro atoms. The lowest BCUT2D eigenvalue weighted by Crippen LogP contribution is -2.69. The van der Waals surface area contributed by atoms with Crippen LogP contribution >= 0.6 is 0 Å². The third-order valence-corrected chi connectivity index (χ3v) is 5.49. The Balaban J connectivity index is 2.06. The van der Waals surface area contributed by atoms with Gasteiger partial charge in [0.15, 0.2) is 0 Å². The molecule has 1 amide bonds. The van der Waals surface area contributed by atoms with E-state index in [1.807, 2.05) is 0 Å². The van der Waals surface area contributed by atoms with E-state index in [0.717, 1.165) is 32.1 Å². The molecule has 4 aliphatic rings. The molecule has 2 unspecified atom stereocenters. The van der Waals surface area contributed by atoms with Crippen LogP contribution in [0.1, 0.15) is 59.3 Å². The van der Waals surface area contributed by atoms with Crippen LogP contribution in [0.5, 0.6) is 0 Å². The Labute approximate surface area is 113 Å². The second-order valence-corrected chi connectivity index (χ2v) is 8.23.